The van der Waals surface area contributed by atoms with Gasteiger partial charge in [-0.15, -0.1) is 11.3 Å². The minimum Gasteiger partial charge on any atom is -0.480 e. The maximum atomic E-state index is 10.7. The van der Waals surface area contributed by atoms with Crippen LogP contribution in [0.4, 0.5) is 0 Å². The van der Waals surface area contributed by atoms with E-state index in [1.807, 2.05) is 16.3 Å². The van der Waals surface area contributed by atoms with Crippen LogP contribution in [0.5, 0.6) is 0 Å². The summed E-state index contributed by atoms with van der Waals surface area (Å²) in [5, 5.41) is 10.8. The number of hydrogen-bond acceptors (Lipinski definition) is 4. The molecule has 1 heterocycles. The van der Waals surface area contributed by atoms with Gasteiger partial charge in [0.05, 0.1) is 16.9 Å². The molecule has 0 aliphatic heterocycles. The highest BCUT2D eigenvalue weighted by atomic mass is 79.9. The number of rotatable bonds is 7. The van der Waals surface area contributed by atoms with Gasteiger partial charge < -0.3 is 9.84 Å². The molecule has 0 atom stereocenters. The van der Waals surface area contributed by atoms with E-state index in [9.17, 15) is 4.79 Å². The number of hydrogen-bond donors (Lipinski definition) is 1. The van der Waals surface area contributed by atoms with Crippen molar-refractivity contribution >= 4 is 33.2 Å². The van der Waals surface area contributed by atoms with E-state index in [-0.39, 0.29) is 6.54 Å². The molecule has 0 saturated carbocycles. The van der Waals surface area contributed by atoms with Crippen LogP contribution in [0.1, 0.15) is 5.56 Å². The van der Waals surface area contributed by atoms with Crippen molar-refractivity contribution in [3.8, 4) is 0 Å². The quantitative estimate of drug-likeness (QED) is 0.837. The zero-order chi connectivity index (χ0) is 12.0. The lowest BCUT2D eigenvalue weighted by Crippen LogP contribution is -2.32. The highest BCUT2D eigenvalue weighted by molar-refractivity contribution is 9.11. The third-order valence-corrected chi connectivity index (χ3v) is 3.55. The van der Waals surface area contributed by atoms with Crippen molar-refractivity contribution in [3.05, 3.63) is 20.8 Å². The van der Waals surface area contributed by atoms with Gasteiger partial charge in [-0.3, -0.25) is 9.69 Å². The first-order valence-corrected chi connectivity index (χ1v) is 6.45. The lowest BCUT2D eigenvalue weighted by Gasteiger charge is -2.18. The molecule has 1 rings (SSSR count). The second-order valence-corrected chi connectivity index (χ2v) is 5.65. The molecule has 16 heavy (non-hydrogen) atoms. The average molecular weight is 308 g/mol. The molecule has 0 amide bonds. The monoisotopic (exact) mass is 307 g/mol. The summed E-state index contributed by atoms with van der Waals surface area (Å²) in [5.74, 6) is -0.814. The Labute approximate surface area is 107 Å². The van der Waals surface area contributed by atoms with E-state index in [1.54, 1.807) is 18.4 Å². The number of aliphatic carboxylic acids is 1. The van der Waals surface area contributed by atoms with Gasteiger partial charge in [-0.25, -0.2) is 0 Å². The van der Waals surface area contributed by atoms with E-state index in [0.717, 1.165) is 9.35 Å². The lowest BCUT2D eigenvalue weighted by molar-refractivity contribution is -0.138. The molecule has 0 unspecified atom stereocenters. The van der Waals surface area contributed by atoms with Crippen LogP contribution < -0.4 is 0 Å². The molecule has 0 spiro atoms. The topological polar surface area (TPSA) is 49.8 Å². The highest BCUT2D eigenvalue weighted by Crippen LogP contribution is 2.21. The van der Waals surface area contributed by atoms with Crippen LogP contribution in [0.3, 0.4) is 0 Å². The third kappa shape index (κ3) is 5.07. The van der Waals surface area contributed by atoms with Gasteiger partial charge in [0.2, 0.25) is 0 Å². The van der Waals surface area contributed by atoms with E-state index in [0.29, 0.717) is 19.7 Å². The predicted molar refractivity (Wildman–Crippen MR) is 66.8 cm³/mol. The van der Waals surface area contributed by atoms with Crippen LogP contribution in [-0.2, 0) is 16.1 Å². The molecule has 1 N–H and O–H groups in total. The normalized spacial score (nSPS) is 10.9. The van der Waals surface area contributed by atoms with E-state index in [1.165, 1.54) is 0 Å². The number of halogens is 1. The predicted octanol–water partition coefficient (Wildman–Crippen LogP) is 2.04. The summed E-state index contributed by atoms with van der Waals surface area (Å²) < 4.78 is 6.02. The van der Waals surface area contributed by atoms with Gasteiger partial charge in [-0.1, -0.05) is 0 Å². The number of carbonyl (C=O) groups is 1. The Bertz CT molecular complexity index is 343. The van der Waals surface area contributed by atoms with Crippen molar-refractivity contribution in [2.75, 3.05) is 26.8 Å². The summed E-state index contributed by atoms with van der Waals surface area (Å²) in [5.41, 5.74) is 1.12. The summed E-state index contributed by atoms with van der Waals surface area (Å²) in [4.78, 5) is 12.5. The Kier molecular flexibility index (Phi) is 5.97. The summed E-state index contributed by atoms with van der Waals surface area (Å²) >= 11 is 4.99. The van der Waals surface area contributed by atoms with Crippen molar-refractivity contribution in [2.24, 2.45) is 0 Å². The van der Waals surface area contributed by atoms with Crippen LogP contribution >= 0.6 is 27.3 Å². The summed E-state index contributed by atoms with van der Waals surface area (Å²) in [6.07, 6.45) is 0. The first-order valence-electron chi connectivity index (χ1n) is 4.78. The largest absolute Gasteiger partial charge is 0.480 e. The number of carboxylic acid groups (broad SMARTS) is 1. The molecule has 90 valence electrons. The molecule has 6 heteroatoms. The van der Waals surface area contributed by atoms with Crippen LogP contribution in [0.15, 0.2) is 15.2 Å². The van der Waals surface area contributed by atoms with E-state index < -0.39 is 5.97 Å². The lowest BCUT2D eigenvalue weighted by atomic mass is 10.3. The number of nitrogens with zero attached hydrogens (tertiary/aromatic N) is 1. The molecule has 0 saturated heterocycles. The Hall–Kier alpha value is -0.430. The standard InChI is InChI=1S/C10H14BrNO3S/c1-15-3-2-12(6-10(13)14)5-8-4-9(11)16-7-8/h4,7H,2-3,5-6H2,1H3,(H,13,14). The van der Waals surface area contributed by atoms with Crippen LogP contribution in [0.2, 0.25) is 0 Å². The maximum Gasteiger partial charge on any atom is 0.317 e. The van der Waals surface area contributed by atoms with E-state index in [4.69, 9.17) is 9.84 Å². The van der Waals surface area contributed by atoms with Gasteiger partial charge in [-0.05, 0) is 32.9 Å². The van der Waals surface area contributed by atoms with Crippen molar-refractivity contribution < 1.29 is 14.6 Å². The second kappa shape index (κ2) is 7.01. The zero-order valence-electron chi connectivity index (χ0n) is 8.98. The van der Waals surface area contributed by atoms with Crippen molar-refractivity contribution in [3.63, 3.8) is 0 Å². The fraction of sp³-hybridized carbons (Fsp3) is 0.500. The molecule has 0 fully saturated rings. The Morgan fingerprint density at radius 2 is 2.44 bits per heavy atom. The first kappa shape index (κ1) is 13.6. The van der Waals surface area contributed by atoms with Gasteiger partial charge in [-0.2, -0.15) is 0 Å². The Balaban J connectivity index is 2.51. The third-order valence-electron chi connectivity index (χ3n) is 2.00. The molecular formula is C10H14BrNO3S. The van der Waals surface area contributed by atoms with Crippen molar-refractivity contribution in [2.45, 2.75) is 6.54 Å². The molecule has 4 nitrogen and oxygen atoms in total. The highest BCUT2D eigenvalue weighted by Gasteiger charge is 2.10. The minimum atomic E-state index is -0.814. The van der Waals surface area contributed by atoms with E-state index in [2.05, 4.69) is 15.9 Å². The average Bonchev–Trinajstić information content (AvgIpc) is 2.59. The molecule has 0 radical (unpaired) electrons. The molecule has 1 aromatic heterocycles. The summed E-state index contributed by atoms with van der Waals surface area (Å²) in [6.45, 7) is 1.84. The van der Waals surface area contributed by atoms with Gasteiger partial charge in [0, 0.05) is 20.2 Å². The SMILES string of the molecule is COCCN(CC(=O)O)Cc1csc(Br)c1. The van der Waals surface area contributed by atoms with Crippen LogP contribution in [0.25, 0.3) is 0 Å². The second-order valence-electron chi connectivity index (χ2n) is 3.36. The van der Waals surface area contributed by atoms with Gasteiger partial charge in [0.25, 0.3) is 0 Å². The molecule has 0 aromatic carbocycles. The number of ether oxygens (including phenoxy) is 1. The summed E-state index contributed by atoms with van der Waals surface area (Å²) in [7, 11) is 1.61. The van der Waals surface area contributed by atoms with Gasteiger partial charge in [0.1, 0.15) is 0 Å². The van der Waals surface area contributed by atoms with Gasteiger partial charge in [0.15, 0.2) is 0 Å². The molecule has 0 bridgehead atoms. The molecular weight excluding hydrogens is 294 g/mol. The van der Waals surface area contributed by atoms with Crippen LogP contribution in [0, 0.1) is 0 Å². The Morgan fingerprint density at radius 1 is 1.69 bits per heavy atom. The van der Waals surface area contributed by atoms with Crippen molar-refractivity contribution in [1.82, 2.24) is 4.90 Å². The number of carboxylic acids is 1. The smallest absolute Gasteiger partial charge is 0.317 e. The van der Waals surface area contributed by atoms with Gasteiger partial charge >= 0.3 is 5.97 Å². The minimum absolute atomic E-state index is 0.0385. The fourth-order valence-electron chi connectivity index (χ4n) is 1.31. The fourth-order valence-corrected chi connectivity index (χ4v) is 2.51. The maximum absolute atomic E-state index is 10.7. The number of thiophene rings is 1. The zero-order valence-corrected chi connectivity index (χ0v) is 11.4. The molecule has 1 aromatic rings. The Morgan fingerprint density at radius 3 is 2.94 bits per heavy atom. The van der Waals surface area contributed by atoms with Crippen molar-refractivity contribution in [1.29, 1.82) is 0 Å². The summed E-state index contributed by atoms with van der Waals surface area (Å²) in [6, 6.07) is 2.01. The van der Waals surface area contributed by atoms with E-state index >= 15 is 0 Å². The molecule has 0 aliphatic carbocycles. The first-order chi connectivity index (χ1) is 7.61. The molecule has 0 aliphatic rings. The number of methoxy groups -OCH3 is 1. The van der Waals surface area contributed by atoms with Crippen LogP contribution in [-0.4, -0.2) is 42.8 Å².